The number of hydrogen-bond donors (Lipinski definition) is 0. The predicted octanol–water partition coefficient (Wildman–Crippen LogP) is 15.3. The molecule has 0 unspecified atom stereocenters. The van der Waals surface area contributed by atoms with E-state index in [-0.39, 0.29) is 0 Å². The molecule has 10 rings (SSSR count). The van der Waals surface area contributed by atoms with Crippen LogP contribution in [0.4, 0.5) is 17.1 Å². The number of nitrogens with zero attached hydrogens (tertiary/aromatic N) is 1. The van der Waals surface area contributed by atoms with Gasteiger partial charge in [-0.25, -0.2) is 0 Å². The number of hydrogen-bond acceptors (Lipinski definition) is 1. The number of anilines is 3. The van der Waals surface area contributed by atoms with Gasteiger partial charge in [0.05, 0.1) is 11.4 Å². The van der Waals surface area contributed by atoms with Gasteiger partial charge in [-0.05, 0) is 90.0 Å². The third-order valence-corrected chi connectivity index (χ3v) is 10.9. The molecule has 0 aliphatic carbocycles. The Labute approximate surface area is 322 Å². The Morgan fingerprint density at radius 1 is 0.236 bits per heavy atom. The maximum Gasteiger partial charge on any atom is 0.0540 e. The Bertz CT molecular complexity index is 2960. The van der Waals surface area contributed by atoms with Crippen molar-refractivity contribution in [3.8, 4) is 44.5 Å². The molecule has 10 aromatic carbocycles. The molecule has 0 aromatic heterocycles. The standard InChI is InChI=1S/C54H37N/c1-3-16-38(17-4-1)46-24-9-11-30-52(46)55(43-35-32-41(33-36-43)45-26-15-28-48-44-23-8-7-20-40(44)34-37-49(45)48)53-31-12-10-25-50(53)51-29-14-22-42-21-13-27-47(54(42)51)39-18-5-2-6-19-39/h1-37H. The van der Waals surface area contributed by atoms with E-state index in [9.17, 15) is 0 Å². The van der Waals surface area contributed by atoms with Crippen LogP contribution in [0.15, 0.2) is 224 Å². The molecule has 0 saturated heterocycles. The molecule has 55 heavy (non-hydrogen) atoms. The van der Waals surface area contributed by atoms with Crippen LogP contribution in [-0.2, 0) is 0 Å². The van der Waals surface area contributed by atoms with Gasteiger partial charge in [0.2, 0.25) is 0 Å². The molecule has 258 valence electrons. The second kappa shape index (κ2) is 14.0. The first-order valence-electron chi connectivity index (χ1n) is 18.9. The highest BCUT2D eigenvalue weighted by Crippen LogP contribution is 2.47. The molecule has 1 nitrogen and oxygen atoms in total. The minimum atomic E-state index is 1.09. The maximum atomic E-state index is 2.45. The topological polar surface area (TPSA) is 3.24 Å². The lowest BCUT2D eigenvalue weighted by atomic mass is 9.90. The molecule has 0 aliphatic heterocycles. The van der Waals surface area contributed by atoms with E-state index in [1.54, 1.807) is 0 Å². The molecular weight excluding hydrogens is 663 g/mol. The van der Waals surface area contributed by atoms with Gasteiger partial charge in [0.25, 0.3) is 0 Å². The van der Waals surface area contributed by atoms with E-state index in [1.165, 1.54) is 76.8 Å². The van der Waals surface area contributed by atoms with Gasteiger partial charge in [0, 0.05) is 16.8 Å². The SMILES string of the molecule is c1ccc(-c2ccccc2N(c2ccc(-c3cccc4c3ccc3ccccc34)cc2)c2ccccc2-c2cccc3cccc(-c4ccccc4)c23)cc1. The minimum Gasteiger partial charge on any atom is -0.309 e. The summed E-state index contributed by atoms with van der Waals surface area (Å²) in [6.07, 6.45) is 0. The highest BCUT2D eigenvalue weighted by Gasteiger charge is 2.22. The van der Waals surface area contributed by atoms with Crippen molar-refractivity contribution in [3.05, 3.63) is 224 Å². The molecule has 0 atom stereocenters. The summed E-state index contributed by atoms with van der Waals surface area (Å²) in [7, 11) is 0. The molecule has 0 fully saturated rings. The number of benzene rings is 10. The fourth-order valence-corrected chi connectivity index (χ4v) is 8.34. The zero-order chi connectivity index (χ0) is 36.6. The lowest BCUT2D eigenvalue weighted by molar-refractivity contribution is 1.28. The molecule has 0 saturated carbocycles. The van der Waals surface area contributed by atoms with Crippen molar-refractivity contribution in [2.45, 2.75) is 0 Å². The van der Waals surface area contributed by atoms with Crippen molar-refractivity contribution in [2.75, 3.05) is 4.90 Å². The smallest absolute Gasteiger partial charge is 0.0540 e. The zero-order valence-electron chi connectivity index (χ0n) is 30.3. The summed E-state index contributed by atoms with van der Waals surface area (Å²) in [6.45, 7) is 0. The average Bonchev–Trinajstić information content (AvgIpc) is 3.27. The second-order valence-corrected chi connectivity index (χ2v) is 14.0. The van der Waals surface area contributed by atoms with Gasteiger partial charge in [-0.2, -0.15) is 0 Å². The van der Waals surface area contributed by atoms with Crippen molar-refractivity contribution >= 4 is 49.4 Å². The van der Waals surface area contributed by atoms with E-state index in [0.717, 1.165) is 17.1 Å². The van der Waals surface area contributed by atoms with Gasteiger partial charge in [-0.15, -0.1) is 0 Å². The summed E-state index contributed by atoms with van der Waals surface area (Å²) in [5, 5.41) is 7.54. The van der Waals surface area contributed by atoms with Gasteiger partial charge in [-0.3, -0.25) is 0 Å². The van der Waals surface area contributed by atoms with E-state index in [0.29, 0.717) is 0 Å². The van der Waals surface area contributed by atoms with Crippen LogP contribution >= 0.6 is 0 Å². The van der Waals surface area contributed by atoms with Crippen molar-refractivity contribution in [1.29, 1.82) is 0 Å². The van der Waals surface area contributed by atoms with Crippen LogP contribution in [-0.4, -0.2) is 0 Å². The number of rotatable bonds is 7. The van der Waals surface area contributed by atoms with E-state index in [2.05, 4.69) is 229 Å². The summed E-state index contributed by atoms with van der Waals surface area (Å²) < 4.78 is 0. The first kappa shape index (κ1) is 32.4. The third-order valence-electron chi connectivity index (χ3n) is 10.9. The Balaban J connectivity index is 1.18. The highest BCUT2D eigenvalue weighted by atomic mass is 15.1. The minimum absolute atomic E-state index is 1.09. The molecule has 0 N–H and O–H groups in total. The Morgan fingerprint density at radius 3 is 1.47 bits per heavy atom. The summed E-state index contributed by atoms with van der Waals surface area (Å²) in [6, 6.07) is 81.4. The first-order valence-corrected chi connectivity index (χ1v) is 18.9. The summed E-state index contributed by atoms with van der Waals surface area (Å²) >= 11 is 0. The highest BCUT2D eigenvalue weighted by molar-refractivity contribution is 6.12. The van der Waals surface area contributed by atoms with Crippen LogP contribution in [0.5, 0.6) is 0 Å². The van der Waals surface area contributed by atoms with Crippen LogP contribution in [0.2, 0.25) is 0 Å². The fourth-order valence-electron chi connectivity index (χ4n) is 8.34. The summed E-state index contributed by atoms with van der Waals surface area (Å²) in [4.78, 5) is 2.45. The molecule has 0 spiro atoms. The zero-order valence-corrected chi connectivity index (χ0v) is 30.3. The fraction of sp³-hybridized carbons (Fsp3) is 0. The molecule has 0 radical (unpaired) electrons. The third kappa shape index (κ3) is 5.84. The van der Waals surface area contributed by atoms with Gasteiger partial charge in [-0.1, -0.05) is 200 Å². The van der Waals surface area contributed by atoms with Crippen LogP contribution in [0.25, 0.3) is 76.8 Å². The molecular formula is C54H37N. The van der Waals surface area contributed by atoms with E-state index in [1.807, 2.05) is 0 Å². The Hall–Kier alpha value is -7.22. The normalized spacial score (nSPS) is 11.3. The maximum absolute atomic E-state index is 2.45. The van der Waals surface area contributed by atoms with Crippen molar-refractivity contribution < 1.29 is 0 Å². The summed E-state index contributed by atoms with van der Waals surface area (Å²) in [5.41, 5.74) is 12.9. The molecule has 0 bridgehead atoms. The number of fused-ring (bicyclic) bond motifs is 4. The second-order valence-electron chi connectivity index (χ2n) is 14.0. The first-order chi connectivity index (χ1) is 27.3. The Kier molecular flexibility index (Phi) is 8.24. The molecule has 0 aliphatic rings. The van der Waals surface area contributed by atoms with Gasteiger partial charge in [0.1, 0.15) is 0 Å². The van der Waals surface area contributed by atoms with Gasteiger partial charge in [0.15, 0.2) is 0 Å². The van der Waals surface area contributed by atoms with Crippen molar-refractivity contribution in [3.63, 3.8) is 0 Å². The van der Waals surface area contributed by atoms with Crippen LogP contribution in [0.1, 0.15) is 0 Å². The van der Waals surface area contributed by atoms with Crippen LogP contribution in [0, 0.1) is 0 Å². The van der Waals surface area contributed by atoms with Crippen molar-refractivity contribution in [2.24, 2.45) is 0 Å². The van der Waals surface area contributed by atoms with Gasteiger partial charge >= 0.3 is 0 Å². The molecule has 0 heterocycles. The van der Waals surface area contributed by atoms with E-state index < -0.39 is 0 Å². The number of para-hydroxylation sites is 2. The van der Waals surface area contributed by atoms with Crippen LogP contribution < -0.4 is 4.90 Å². The quantitative estimate of drug-likeness (QED) is 0.150. The lowest BCUT2D eigenvalue weighted by Crippen LogP contribution is -2.12. The summed E-state index contributed by atoms with van der Waals surface area (Å²) in [5.74, 6) is 0. The Morgan fingerprint density at radius 2 is 0.727 bits per heavy atom. The van der Waals surface area contributed by atoms with Crippen molar-refractivity contribution in [1.82, 2.24) is 0 Å². The molecule has 10 aromatic rings. The lowest BCUT2D eigenvalue weighted by Gasteiger charge is -2.30. The van der Waals surface area contributed by atoms with E-state index >= 15 is 0 Å². The predicted molar refractivity (Wildman–Crippen MR) is 235 cm³/mol. The largest absolute Gasteiger partial charge is 0.309 e. The molecule has 1 heteroatoms. The average molecular weight is 700 g/mol. The van der Waals surface area contributed by atoms with E-state index in [4.69, 9.17) is 0 Å². The molecule has 0 amide bonds. The monoisotopic (exact) mass is 699 g/mol. The van der Waals surface area contributed by atoms with Crippen LogP contribution in [0.3, 0.4) is 0 Å². The van der Waals surface area contributed by atoms with Gasteiger partial charge < -0.3 is 4.90 Å².